The van der Waals surface area contributed by atoms with Crippen LogP contribution in [0.5, 0.6) is 5.75 Å². The Morgan fingerprint density at radius 1 is 1.21 bits per heavy atom. The van der Waals surface area contributed by atoms with Crippen LogP contribution in [0.25, 0.3) is 6.08 Å². The quantitative estimate of drug-likeness (QED) is 0.641. The van der Waals surface area contributed by atoms with Crippen molar-refractivity contribution in [2.75, 3.05) is 12.4 Å². The minimum atomic E-state index is -0.168. The molecule has 1 amide bonds. The molecular formula is C20H22BrNO2. The van der Waals surface area contributed by atoms with E-state index < -0.39 is 0 Å². The van der Waals surface area contributed by atoms with E-state index in [1.807, 2.05) is 30.3 Å². The number of carbonyl (C=O) groups excluding carboxylic acids is 1. The number of anilines is 1. The zero-order chi connectivity index (χ0) is 17.4. The predicted octanol–water partition coefficient (Wildman–Crippen LogP) is 5.45. The van der Waals surface area contributed by atoms with Crippen molar-refractivity contribution >= 4 is 33.6 Å². The number of hydrogen-bond donors (Lipinski definition) is 1. The molecule has 0 bridgehead atoms. The number of amides is 1. The number of aryl methyl sites for hydroxylation is 1. The van der Waals surface area contributed by atoms with Crippen LogP contribution in [0.15, 0.2) is 53.0 Å². The first kappa shape index (κ1) is 18.3. The molecule has 0 aromatic heterocycles. The Balaban J connectivity index is 1.99. The minimum absolute atomic E-state index is 0.168. The van der Waals surface area contributed by atoms with Gasteiger partial charge in [0.05, 0.1) is 7.11 Å². The Kier molecular flexibility index (Phi) is 7.07. The van der Waals surface area contributed by atoms with Crippen LogP contribution in [-0.2, 0) is 11.2 Å². The first-order valence-electron chi connectivity index (χ1n) is 8.04. The van der Waals surface area contributed by atoms with Crippen LogP contribution < -0.4 is 10.1 Å². The standard InChI is InChI=1S/C20H22BrNO2/c1-3-4-5-15-6-10-18(11-7-15)22-20(23)13-8-16-14-17(21)9-12-19(16)24-2/h6-14H,3-5H2,1-2H3,(H,22,23)/b13-8+. The molecule has 0 aliphatic heterocycles. The van der Waals surface area contributed by atoms with Crippen molar-refractivity contribution in [3.63, 3.8) is 0 Å². The third-order valence-corrected chi connectivity index (χ3v) is 4.14. The SMILES string of the molecule is CCCCc1ccc(NC(=O)/C=C/c2cc(Br)ccc2OC)cc1. The highest BCUT2D eigenvalue weighted by Crippen LogP contribution is 2.24. The minimum Gasteiger partial charge on any atom is -0.496 e. The lowest BCUT2D eigenvalue weighted by molar-refractivity contribution is -0.111. The topological polar surface area (TPSA) is 38.3 Å². The van der Waals surface area contributed by atoms with Gasteiger partial charge in [-0.3, -0.25) is 4.79 Å². The molecule has 0 atom stereocenters. The molecule has 2 aromatic rings. The lowest BCUT2D eigenvalue weighted by Gasteiger charge is -2.06. The maximum atomic E-state index is 12.1. The van der Waals surface area contributed by atoms with Gasteiger partial charge in [0.25, 0.3) is 0 Å². The Hall–Kier alpha value is -2.07. The lowest BCUT2D eigenvalue weighted by atomic mass is 10.1. The molecular weight excluding hydrogens is 366 g/mol. The van der Waals surface area contributed by atoms with Crippen LogP contribution in [0.3, 0.4) is 0 Å². The van der Waals surface area contributed by atoms with Crippen molar-refractivity contribution < 1.29 is 9.53 Å². The molecule has 2 rings (SSSR count). The predicted molar refractivity (Wildman–Crippen MR) is 103 cm³/mol. The number of methoxy groups -OCH3 is 1. The van der Waals surface area contributed by atoms with E-state index in [-0.39, 0.29) is 5.91 Å². The molecule has 0 saturated heterocycles. The van der Waals surface area contributed by atoms with Crippen LogP contribution in [-0.4, -0.2) is 13.0 Å². The summed E-state index contributed by atoms with van der Waals surface area (Å²) in [5, 5.41) is 2.87. The van der Waals surface area contributed by atoms with Gasteiger partial charge in [0.15, 0.2) is 0 Å². The lowest BCUT2D eigenvalue weighted by Crippen LogP contribution is -2.07. The van der Waals surface area contributed by atoms with Crippen LogP contribution in [0, 0.1) is 0 Å². The summed E-state index contributed by atoms with van der Waals surface area (Å²) in [6, 6.07) is 13.7. The second kappa shape index (κ2) is 9.28. The molecule has 0 radical (unpaired) electrons. The largest absolute Gasteiger partial charge is 0.496 e. The molecule has 4 heteroatoms. The second-order valence-corrected chi connectivity index (χ2v) is 6.43. The molecule has 0 aliphatic rings. The summed E-state index contributed by atoms with van der Waals surface area (Å²) < 4.78 is 6.23. The zero-order valence-corrected chi connectivity index (χ0v) is 15.6. The fourth-order valence-corrected chi connectivity index (χ4v) is 2.70. The summed E-state index contributed by atoms with van der Waals surface area (Å²) in [4.78, 5) is 12.1. The molecule has 0 spiro atoms. The van der Waals surface area contributed by atoms with E-state index >= 15 is 0 Å². The summed E-state index contributed by atoms with van der Waals surface area (Å²) in [5.41, 5.74) is 2.94. The maximum Gasteiger partial charge on any atom is 0.248 e. The van der Waals surface area contributed by atoms with E-state index in [2.05, 4.69) is 40.3 Å². The smallest absolute Gasteiger partial charge is 0.248 e. The third kappa shape index (κ3) is 5.53. The van der Waals surface area contributed by atoms with E-state index in [1.54, 1.807) is 13.2 Å². The Morgan fingerprint density at radius 2 is 1.96 bits per heavy atom. The Labute approximate surface area is 151 Å². The van der Waals surface area contributed by atoms with Crippen LogP contribution >= 0.6 is 15.9 Å². The molecule has 0 fully saturated rings. The van der Waals surface area contributed by atoms with E-state index in [1.165, 1.54) is 24.5 Å². The number of halogens is 1. The second-order valence-electron chi connectivity index (χ2n) is 5.51. The highest BCUT2D eigenvalue weighted by Gasteiger charge is 2.02. The number of unbranched alkanes of at least 4 members (excludes halogenated alkanes) is 1. The van der Waals surface area contributed by atoms with Crippen molar-refractivity contribution in [3.05, 3.63) is 64.1 Å². The number of ether oxygens (including phenoxy) is 1. The first-order chi connectivity index (χ1) is 11.6. The van der Waals surface area contributed by atoms with Crippen molar-refractivity contribution in [1.82, 2.24) is 0 Å². The summed E-state index contributed by atoms with van der Waals surface area (Å²) in [6.07, 6.45) is 6.70. The molecule has 0 aliphatic carbocycles. The average Bonchev–Trinajstić information content (AvgIpc) is 2.59. The summed E-state index contributed by atoms with van der Waals surface area (Å²) >= 11 is 3.42. The molecule has 0 unspecified atom stereocenters. The third-order valence-electron chi connectivity index (χ3n) is 3.65. The van der Waals surface area contributed by atoms with E-state index in [0.29, 0.717) is 0 Å². The van der Waals surface area contributed by atoms with Gasteiger partial charge in [-0.15, -0.1) is 0 Å². The number of carbonyl (C=O) groups is 1. The first-order valence-corrected chi connectivity index (χ1v) is 8.83. The van der Waals surface area contributed by atoms with Gasteiger partial charge in [0.2, 0.25) is 5.91 Å². The van der Waals surface area contributed by atoms with Crippen LogP contribution in [0.4, 0.5) is 5.69 Å². The Morgan fingerprint density at radius 3 is 2.62 bits per heavy atom. The van der Waals surface area contributed by atoms with Crippen LogP contribution in [0.1, 0.15) is 30.9 Å². The molecule has 24 heavy (non-hydrogen) atoms. The van der Waals surface area contributed by atoms with E-state index in [0.717, 1.165) is 27.9 Å². The average molecular weight is 388 g/mol. The van der Waals surface area contributed by atoms with Gasteiger partial charge < -0.3 is 10.1 Å². The van der Waals surface area contributed by atoms with Gasteiger partial charge >= 0.3 is 0 Å². The fraction of sp³-hybridized carbons (Fsp3) is 0.250. The monoisotopic (exact) mass is 387 g/mol. The molecule has 3 nitrogen and oxygen atoms in total. The van der Waals surface area contributed by atoms with Crippen LogP contribution in [0.2, 0.25) is 0 Å². The zero-order valence-electron chi connectivity index (χ0n) is 14.0. The van der Waals surface area contributed by atoms with Gasteiger partial charge in [0.1, 0.15) is 5.75 Å². The number of hydrogen-bond acceptors (Lipinski definition) is 2. The van der Waals surface area contributed by atoms with E-state index in [4.69, 9.17) is 4.74 Å². The number of nitrogens with one attached hydrogen (secondary N) is 1. The Bertz CT molecular complexity index is 708. The molecule has 2 aromatic carbocycles. The van der Waals surface area contributed by atoms with Gasteiger partial charge in [-0.25, -0.2) is 0 Å². The molecule has 0 heterocycles. The fourth-order valence-electron chi connectivity index (χ4n) is 2.32. The van der Waals surface area contributed by atoms with Gasteiger partial charge in [-0.05, 0) is 54.8 Å². The summed E-state index contributed by atoms with van der Waals surface area (Å²) in [5.74, 6) is 0.556. The van der Waals surface area contributed by atoms with Crippen molar-refractivity contribution in [2.24, 2.45) is 0 Å². The van der Waals surface area contributed by atoms with Gasteiger partial charge in [-0.1, -0.05) is 41.4 Å². The number of benzene rings is 2. The summed E-state index contributed by atoms with van der Waals surface area (Å²) in [7, 11) is 1.61. The van der Waals surface area contributed by atoms with Gasteiger partial charge in [0, 0.05) is 21.8 Å². The summed E-state index contributed by atoms with van der Waals surface area (Å²) in [6.45, 7) is 2.18. The van der Waals surface area contributed by atoms with Gasteiger partial charge in [-0.2, -0.15) is 0 Å². The highest BCUT2D eigenvalue weighted by molar-refractivity contribution is 9.10. The highest BCUT2D eigenvalue weighted by atomic mass is 79.9. The maximum absolute atomic E-state index is 12.1. The van der Waals surface area contributed by atoms with Crippen molar-refractivity contribution in [1.29, 1.82) is 0 Å². The molecule has 1 N–H and O–H groups in total. The normalized spacial score (nSPS) is 10.8. The van der Waals surface area contributed by atoms with E-state index in [9.17, 15) is 4.79 Å². The van der Waals surface area contributed by atoms with Crippen molar-refractivity contribution in [3.8, 4) is 5.75 Å². The molecule has 0 saturated carbocycles. The molecule has 126 valence electrons. The van der Waals surface area contributed by atoms with Crippen molar-refractivity contribution in [2.45, 2.75) is 26.2 Å². The number of rotatable bonds is 7.